The molecule has 2 heterocycles. The lowest BCUT2D eigenvalue weighted by molar-refractivity contribution is -0.160. The van der Waals surface area contributed by atoms with Crippen LogP contribution in [0.1, 0.15) is 12.0 Å². The van der Waals surface area contributed by atoms with Gasteiger partial charge in [0.2, 0.25) is 11.8 Å². The van der Waals surface area contributed by atoms with Gasteiger partial charge < -0.3 is 19.3 Å². The van der Waals surface area contributed by atoms with Crippen LogP contribution >= 0.6 is 0 Å². The van der Waals surface area contributed by atoms with Crippen LogP contribution in [0, 0.1) is 0 Å². The summed E-state index contributed by atoms with van der Waals surface area (Å²) >= 11 is 0. The fraction of sp³-hybridized carbons (Fsp3) is 0.529. The standard InChI is InChI=1S/C17H22N2O4/c1-18-12-17(23-11-15(18)20)7-8-19(13-17)16(21)10-22-9-14-5-3-2-4-6-14/h2-6H,7-13H2,1H3. The Balaban J connectivity index is 1.47. The molecular formula is C17H22N2O4. The van der Waals surface area contributed by atoms with Gasteiger partial charge in [0.1, 0.15) is 18.8 Å². The van der Waals surface area contributed by atoms with E-state index >= 15 is 0 Å². The predicted molar refractivity (Wildman–Crippen MR) is 83.6 cm³/mol. The zero-order valence-electron chi connectivity index (χ0n) is 13.4. The molecule has 23 heavy (non-hydrogen) atoms. The monoisotopic (exact) mass is 318 g/mol. The van der Waals surface area contributed by atoms with Crippen molar-refractivity contribution in [1.29, 1.82) is 0 Å². The van der Waals surface area contributed by atoms with Crippen molar-refractivity contribution in [3.63, 3.8) is 0 Å². The number of hydrogen-bond donors (Lipinski definition) is 0. The minimum atomic E-state index is -0.405. The van der Waals surface area contributed by atoms with Crippen LogP contribution in [0.15, 0.2) is 30.3 Å². The van der Waals surface area contributed by atoms with Crippen molar-refractivity contribution in [3.8, 4) is 0 Å². The van der Waals surface area contributed by atoms with Gasteiger partial charge in [0, 0.05) is 13.6 Å². The number of rotatable bonds is 4. The third-order valence-corrected chi connectivity index (χ3v) is 4.46. The molecule has 2 aliphatic rings. The van der Waals surface area contributed by atoms with Crippen LogP contribution in [-0.2, 0) is 25.7 Å². The molecule has 6 heteroatoms. The zero-order chi connectivity index (χ0) is 16.3. The first kappa shape index (κ1) is 16.0. The van der Waals surface area contributed by atoms with E-state index in [9.17, 15) is 9.59 Å². The Labute approximate surface area is 136 Å². The maximum absolute atomic E-state index is 12.3. The lowest BCUT2D eigenvalue weighted by atomic mass is 10.0. The van der Waals surface area contributed by atoms with Crippen molar-refractivity contribution >= 4 is 11.8 Å². The summed E-state index contributed by atoms with van der Waals surface area (Å²) in [6.45, 7) is 2.32. The lowest BCUT2D eigenvalue weighted by Gasteiger charge is -2.38. The van der Waals surface area contributed by atoms with E-state index in [4.69, 9.17) is 9.47 Å². The van der Waals surface area contributed by atoms with Crippen molar-refractivity contribution in [2.24, 2.45) is 0 Å². The zero-order valence-corrected chi connectivity index (χ0v) is 13.4. The molecule has 1 unspecified atom stereocenters. The number of likely N-dealkylation sites (N-methyl/N-ethyl adjacent to an activating group) is 1. The van der Waals surface area contributed by atoms with Crippen molar-refractivity contribution < 1.29 is 19.1 Å². The van der Waals surface area contributed by atoms with Crippen LogP contribution < -0.4 is 0 Å². The number of carbonyl (C=O) groups excluding carboxylic acids is 2. The van der Waals surface area contributed by atoms with E-state index in [2.05, 4.69) is 0 Å². The van der Waals surface area contributed by atoms with Crippen LogP contribution in [0.25, 0.3) is 0 Å². The van der Waals surface area contributed by atoms with Crippen molar-refractivity contribution in [1.82, 2.24) is 9.80 Å². The number of likely N-dealkylation sites (tertiary alicyclic amines) is 1. The Morgan fingerprint density at radius 1 is 1.30 bits per heavy atom. The van der Waals surface area contributed by atoms with Gasteiger partial charge in [-0.1, -0.05) is 30.3 Å². The Hall–Kier alpha value is -1.92. The molecule has 0 radical (unpaired) electrons. The third-order valence-electron chi connectivity index (χ3n) is 4.46. The fourth-order valence-electron chi connectivity index (χ4n) is 3.12. The smallest absolute Gasteiger partial charge is 0.248 e. The SMILES string of the molecule is CN1CC2(CCN(C(=O)COCc3ccccc3)C2)OCC1=O. The van der Waals surface area contributed by atoms with E-state index in [1.807, 2.05) is 30.3 Å². The molecule has 1 aromatic rings. The summed E-state index contributed by atoms with van der Waals surface area (Å²) in [7, 11) is 1.78. The number of carbonyl (C=O) groups is 2. The molecule has 0 bridgehead atoms. The number of ether oxygens (including phenoxy) is 2. The van der Waals surface area contributed by atoms with Gasteiger partial charge >= 0.3 is 0 Å². The molecule has 1 aromatic carbocycles. The average Bonchev–Trinajstić information content (AvgIpc) is 2.96. The first-order chi connectivity index (χ1) is 11.1. The minimum Gasteiger partial charge on any atom is -0.367 e. The molecule has 1 atom stereocenters. The first-order valence-corrected chi connectivity index (χ1v) is 7.85. The molecule has 2 fully saturated rings. The molecule has 6 nitrogen and oxygen atoms in total. The number of nitrogens with zero attached hydrogens (tertiary/aromatic N) is 2. The van der Waals surface area contributed by atoms with Gasteiger partial charge in [0.05, 0.1) is 19.7 Å². The van der Waals surface area contributed by atoms with Gasteiger partial charge in [-0.2, -0.15) is 0 Å². The topological polar surface area (TPSA) is 59.1 Å². The third kappa shape index (κ3) is 3.71. The highest BCUT2D eigenvalue weighted by atomic mass is 16.5. The molecular weight excluding hydrogens is 296 g/mol. The van der Waals surface area contributed by atoms with Crippen LogP contribution in [0.4, 0.5) is 0 Å². The molecule has 3 rings (SSSR count). The quantitative estimate of drug-likeness (QED) is 0.818. The highest BCUT2D eigenvalue weighted by Gasteiger charge is 2.45. The van der Waals surface area contributed by atoms with Gasteiger partial charge in [0.25, 0.3) is 0 Å². The highest BCUT2D eigenvalue weighted by molar-refractivity contribution is 5.79. The maximum Gasteiger partial charge on any atom is 0.248 e. The summed E-state index contributed by atoms with van der Waals surface area (Å²) < 4.78 is 11.2. The van der Waals surface area contributed by atoms with Crippen LogP contribution in [0.2, 0.25) is 0 Å². The Morgan fingerprint density at radius 3 is 2.83 bits per heavy atom. The fourth-order valence-corrected chi connectivity index (χ4v) is 3.12. The summed E-state index contributed by atoms with van der Waals surface area (Å²) in [4.78, 5) is 27.3. The molecule has 2 amide bonds. The van der Waals surface area contributed by atoms with E-state index in [0.717, 1.165) is 12.0 Å². The summed E-state index contributed by atoms with van der Waals surface area (Å²) in [5.74, 6) is -0.0347. The molecule has 1 spiro atoms. The number of benzene rings is 1. The number of morpholine rings is 1. The Bertz CT molecular complexity index is 577. The number of amides is 2. The summed E-state index contributed by atoms with van der Waals surface area (Å²) in [5.41, 5.74) is 0.645. The molecule has 2 aliphatic heterocycles. The van der Waals surface area contributed by atoms with Gasteiger partial charge in [-0.25, -0.2) is 0 Å². The van der Waals surface area contributed by atoms with Crippen molar-refractivity contribution in [3.05, 3.63) is 35.9 Å². The van der Waals surface area contributed by atoms with E-state index in [1.54, 1.807) is 16.8 Å². The molecule has 0 aliphatic carbocycles. The summed E-state index contributed by atoms with van der Waals surface area (Å²) in [6.07, 6.45) is 0.759. The van der Waals surface area contributed by atoms with Crippen LogP contribution in [-0.4, -0.2) is 67.1 Å². The first-order valence-electron chi connectivity index (χ1n) is 7.85. The van der Waals surface area contributed by atoms with Gasteiger partial charge in [-0.15, -0.1) is 0 Å². The molecule has 0 N–H and O–H groups in total. The van der Waals surface area contributed by atoms with E-state index < -0.39 is 5.60 Å². The maximum atomic E-state index is 12.3. The average molecular weight is 318 g/mol. The second-order valence-electron chi connectivity index (χ2n) is 6.27. The van der Waals surface area contributed by atoms with Gasteiger partial charge in [-0.3, -0.25) is 9.59 Å². The summed E-state index contributed by atoms with van der Waals surface area (Å²) in [5, 5.41) is 0. The normalized spacial score (nSPS) is 24.5. The summed E-state index contributed by atoms with van der Waals surface area (Å²) in [6, 6.07) is 9.78. The van der Waals surface area contributed by atoms with E-state index in [1.165, 1.54) is 0 Å². The van der Waals surface area contributed by atoms with Gasteiger partial charge in [-0.05, 0) is 12.0 Å². The van der Waals surface area contributed by atoms with Gasteiger partial charge in [0.15, 0.2) is 0 Å². The minimum absolute atomic E-state index is 0.00778. The van der Waals surface area contributed by atoms with E-state index in [-0.39, 0.29) is 25.0 Å². The molecule has 0 saturated carbocycles. The molecule has 2 saturated heterocycles. The largest absolute Gasteiger partial charge is 0.367 e. The lowest BCUT2D eigenvalue weighted by Crippen LogP contribution is -2.54. The second kappa shape index (κ2) is 6.68. The Morgan fingerprint density at radius 2 is 2.09 bits per heavy atom. The second-order valence-corrected chi connectivity index (χ2v) is 6.27. The van der Waals surface area contributed by atoms with Crippen molar-refractivity contribution in [2.45, 2.75) is 18.6 Å². The number of hydrogen-bond acceptors (Lipinski definition) is 4. The molecule has 124 valence electrons. The van der Waals surface area contributed by atoms with E-state index in [0.29, 0.717) is 26.2 Å². The predicted octanol–water partition coefficient (Wildman–Crippen LogP) is 0.663. The van der Waals surface area contributed by atoms with Crippen molar-refractivity contribution in [2.75, 3.05) is 39.9 Å². The molecule has 0 aromatic heterocycles. The Kier molecular flexibility index (Phi) is 4.63. The highest BCUT2D eigenvalue weighted by Crippen LogP contribution is 2.29. The van der Waals surface area contributed by atoms with Crippen LogP contribution in [0.3, 0.4) is 0 Å². The van der Waals surface area contributed by atoms with Crippen LogP contribution in [0.5, 0.6) is 0 Å².